The average molecular weight is 333 g/mol. The van der Waals surface area contributed by atoms with Crippen LogP contribution >= 0.6 is 23.5 Å². The van der Waals surface area contributed by atoms with Crippen LogP contribution in [0.1, 0.15) is 52.4 Å². The van der Waals surface area contributed by atoms with E-state index >= 15 is 0 Å². The van der Waals surface area contributed by atoms with Crippen molar-refractivity contribution in [3.8, 4) is 0 Å². The zero-order valence-corrected chi connectivity index (χ0v) is 15.1. The minimum atomic E-state index is -0.494. The fourth-order valence-corrected chi connectivity index (χ4v) is 3.05. The Kier molecular flexibility index (Phi) is 14.2. The van der Waals surface area contributed by atoms with Crippen molar-refractivity contribution in [2.45, 2.75) is 52.4 Å². The second-order valence-corrected chi connectivity index (χ2v) is 6.59. The number of rotatable bonds is 13. The Morgan fingerprint density at radius 1 is 1.05 bits per heavy atom. The lowest BCUT2D eigenvalue weighted by molar-refractivity contribution is -0.139. The molecule has 0 aromatic carbocycles. The first-order chi connectivity index (χ1) is 10.2. The first-order valence-corrected chi connectivity index (χ1v) is 10.1. The summed E-state index contributed by atoms with van der Waals surface area (Å²) in [6, 6.07) is 0. The van der Waals surface area contributed by atoms with E-state index in [1.54, 1.807) is 24.1 Å². The van der Waals surface area contributed by atoms with Crippen molar-refractivity contribution in [1.82, 2.24) is 0 Å². The molecule has 122 valence electrons. The van der Waals surface area contributed by atoms with E-state index in [-0.39, 0.29) is 11.4 Å². The summed E-state index contributed by atoms with van der Waals surface area (Å²) in [4.78, 5) is 23.7. The molecule has 0 unspecified atom stereocenters. The van der Waals surface area contributed by atoms with Gasteiger partial charge in [0.25, 0.3) is 0 Å². The number of thioether (sulfide) groups is 2. The highest BCUT2D eigenvalue weighted by atomic mass is 32.2. The van der Waals surface area contributed by atoms with Gasteiger partial charge >= 0.3 is 5.97 Å². The summed E-state index contributed by atoms with van der Waals surface area (Å²) < 4.78 is 4.94. The predicted octanol–water partition coefficient (Wildman–Crippen LogP) is 4.46. The van der Waals surface area contributed by atoms with E-state index in [4.69, 9.17) is 4.74 Å². The molecule has 0 aromatic rings. The maximum absolute atomic E-state index is 11.9. The van der Waals surface area contributed by atoms with Crippen LogP contribution in [0.3, 0.4) is 0 Å². The van der Waals surface area contributed by atoms with E-state index in [9.17, 15) is 9.59 Å². The van der Waals surface area contributed by atoms with E-state index in [1.165, 1.54) is 43.9 Å². The third-order valence-electron chi connectivity index (χ3n) is 2.89. The molecule has 0 bridgehead atoms. The van der Waals surface area contributed by atoms with Crippen molar-refractivity contribution in [2.75, 3.05) is 24.4 Å². The third kappa shape index (κ3) is 10.9. The van der Waals surface area contributed by atoms with Crippen LogP contribution in [-0.4, -0.2) is 36.1 Å². The topological polar surface area (TPSA) is 43.4 Å². The van der Waals surface area contributed by atoms with Crippen molar-refractivity contribution in [2.24, 2.45) is 0 Å². The van der Waals surface area contributed by atoms with E-state index in [1.807, 2.05) is 6.26 Å². The monoisotopic (exact) mass is 332 g/mol. The zero-order chi connectivity index (χ0) is 15.9. The van der Waals surface area contributed by atoms with Gasteiger partial charge < -0.3 is 4.74 Å². The first-order valence-electron chi connectivity index (χ1n) is 7.68. The number of carbonyl (C=O) groups excluding carboxylic acids is 2. The zero-order valence-electron chi connectivity index (χ0n) is 13.5. The molecule has 0 aliphatic carbocycles. The van der Waals surface area contributed by atoms with Gasteiger partial charge in [-0.25, -0.2) is 4.79 Å². The Labute approximate surface area is 137 Å². The summed E-state index contributed by atoms with van der Waals surface area (Å²) >= 11 is 2.96. The Hall–Kier alpha value is -0.420. The van der Waals surface area contributed by atoms with E-state index < -0.39 is 5.97 Å². The van der Waals surface area contributed by atoms with Crippen molar-refractivity contribution in [1.29, 1.82) is 0 Å². The highest BCUT2D eigenvalue weighted by Gasteiger charge is 2.18. The molecule has 0 atom stereocenters. The lowest BCUT2D eigenvalue weighted by atomic mass is 10.1. The van der Waals surface area contributed by atoms with Gasteiger partial charge in [-0.05, 0) is 30.8 Å². The normalized spacial score (nSPS) is 11.5. The van der Waals surface area contributed by atoms with Crippen molar-refractivity contribution in [3.63, 3.8) is 0 Å². The summed E-state index contributed by atoms with van der Waals surface area (Å²) in [5.41, 5.74) is 0.196. The van der Waals surface area contributed by atoms with Gasteiger partial charge in [-0.1, -0.05) is 39.0 Å². The summed E-state index contributed by atoms with van der Waals surface area (Å²) in [6.45, 7) is 4.26. The van der Waals surface area contributed by atoms with Gasteiger partial charge in [-0.2, -0.15) is 11.8 Å². The molecule has 0 aliphatic rings. The molecule has 21 heavy (non-hydrogen) atoms. The van der Waals surface area contributed by atoms with Gasteiger partial charge in [0.05, 0.1) is 12.4 Å². The van der Waals surface area contributed by atoms with Crippen LogP contribution in [0.4, 0.5) is 0 Å². The van der Waals surface area contributed by atoms with Crippen LogP contribution in [0.5, 0.6) is 0 Å². The van der Waals surface area contributed by atoms with Crippen LogP contribution in [0.2, 0.25) is 0 Å². The molecule has 0 aromatic heterocycles. The number of ether oxygens (including phenoxy) is 1. The second-order valence-electron chi connectivity index (χ2n) is 4.75. The Bertz CT molecular complexity index is 307. The van der Waals surface area contributed by atoms with E-state index in [0.717, 1.165) is 12.2 Å². The predicted molar refractivity (Wildman–Crippen MR) is 93.9 cm³/mol. The van der Waals surface area contributed by atoms with E-state index in [0.29, 0.717) is 12.4 Å². The van der Waals surface area contributed by atoms with Crippen LogP contribution in [0.15, 0.2) is 11.0 Å². The average Bonchev–Trinajstić information content (AvgIpc) is 2.46. The highest BCUT2D eigenvalue weighted by Crippen LogP contribution is 2.15. The number of esters is 1. The molecule has 0 N–H and O–H groups in total. The van der Waals surface area contributed by atoms with Crippen LogP contribution < -0.4 is 0 Å². The van der Waals surface area contributed by atoms with Crippen LogP contribution in [0, 0.1) is 0 Å². The molecule has 0 saturated heterocycles. The molecule has 0 aliphatic heterocycles. The van der Waals surface area contributed by atoms with Gasteiger partial charge in [0.1, 0.15) is 5.57 Å². The largest absolute Gasteiger partial charge is 0.462 e. The summed E-state index contributed by atoms with van der Waals surface area (Å²) in [7, 11) is 0. The maximum Gasteiger partial charge on any atom is 0.342 e. The smallest absolute Gasteiger partial charge is 0.342 e. The number of Topliss-reactive ketones (excluding diaryl/α,β-unsaturated/α-hetero) is 1. The number of unbranched alkanes of at least 4 members (excludes halogenated alkanes) is 5. The Balaban J connectivity index is 4.12. The number of hydrogen-bond donors (Lipinski definition) is 0. The third-order valence-corrected chi connectivity index (χ3v) is 4.37. The molecule has 0 saturated carbocycles. The molecule has 0 radical (unpaired) electrons. The van der Waals surface area contributed by atoms with Crippen LogP contribution in [0.25, 0.3) is 0 Å². The van der Waals surface area contributed by atoms with Gasteiger partial charge in [0.15, 0.2) is 5.78 Å². The highest BCUT2D eigenvalue weighted by molar-refractivity contribution is 8.02. The second kappa shape index (κ2) is 14.5. The molecular formula is C16H28O3S2. The maximum atomic E-state index is 11.9. The summed E-state index contributed by atoms with van der Waals surface area (Å²) in [5, 5.41) is 1.68. The summed E-state index contributed by atoms with van der Waals surface area (Å²) in [6.07, 6.45) is 9.34. The number of hydrogen-bond acceptors (Lipinski definition) is 5. The molecule has 0 fully saturated rings. The standard InChI is InChI=1S/C16H28O3S2/c1-4-6-7-8-9-10-11-21-12-14(15(17)13-20-3)16(18)19-5-2/h12H,4-11,13H2,1-3H3/b14-12-. The van der Waals surface area contributed by atoms with Crippen molar-refractivity contribution in [3.05, 3.63) is 11.0 Å². The summed E-state index contributed by atoms with van der Waals surface area (Å²) in [5.74, 6) is 0.632. The fourth-order valence-electron chi connectivity index (χ4n) is 1.75. The Morgan fingerprint density at radius 2 is 1.71 bits per heavy atom. The van der Waals surface area contributed by atoms with Crippen molar-refractivity contribution >= 4 is 35.3 Å². The molecular weight excluding hydrogens is 304 g/mol. The van der Waals surface area contributed by atoms with Gasteiger partial charge in [0.2, 0.25) is 0 Å². The van der Waals surface area contributed by atoms with Crippen molar-refractivity contribution < 1.29 is 14.3 Å². The van der Waals surface area contributed by atoms with Gasteiger partial charge in [-0.3, -0.25) is 4.79 Å². The van der Waals surface area contributed by atoms with E-state index in [2.05, 4.69) is 6.92 Å². The SMILES string of the molecule is CCCCCCCCS/C=C(/C(=O)CSC)C(=O)OCC. The molecule has 0 spiro atoms. The fraction of sp³-hybridized carbons (Fsp3) is 0.750. The molecule has 0 amide bonds. The minimum absolute atomic E-state index is 0.142. The van der Waals surface area contributed by atoms with Gasteiger partial charge in [0, 0.05) is 0 Å². The lowest BCUT2D eigenvalue weighted by Gasteiger charge is -2.05. The molecule has 3 nitrogen and oxygen atoms in total. The lowest BCUT2D eigenvalue weighted by Crippen LogP contribution is -2.17. The molecule has 0 rings (SSSR count). The number of ketones is 1. The van der Waals surface area contributed by atoms with Crippen LogP contribution in [-0.2, 0) is 14.3 Å². The van der Waals surface area contributed by atoms with Gasteiger partial charge in [-0.15, -0.1) is 11.8 Å². The first kappa shape index (κ1) is 20.6. The molecule has 5 heteroatoms. The Morgan fingerprint density at radius 3 is 2.33 bits per heavy atom. The quantitative estimate of drug-likeness (QED) is 0.164. The molecule has 0 heterocycles. The number of carbonyl (C=O) groups is 2. The minimum Gasteiger partial charge on any atom is -0.462 e.